The predicted octanol–water partition coefficient (Wildman–Crippen LogP) is 3.13. The second-order valence-electron chi connectivity index (χ2n) is 5.45. The van der Waals surface area contributed by atoms with Gasteiger partial charge in [-0.3, -0.25) is 4.79 Å². The third kappa shape index (κ3) is 1.18. The molecule has 1 aromatic heterocycles. The Morgan fingerprint density at radius 3 is 2.88 bits per heavy atom. The summed E-state index contributed by atoms with van der Waals surface area (Å²) in [5.74, 6) is 0.399. The Morgan fingerprint density at radius 1 is 1.06 bits per heavy atom. The van der Waals surface area contributed by atoms with Crippen LogP contribution >= 0.6 is 0 Å². The number of nitrogens with zero attached hydrogens (tertiary/aromatic N) is 1. The second-order valence-corrected chi connectivity index (χ2v) is 5.45. The average Bonchev–Trinajstić information content (AvgIpc) is 2.71. The number of Topliss-reactive ketones (excluding diaryl/α,β-unsaturated/α-hetero) is 1. The molecule has 0 atom stereocenters. The van der Waals surface area contributed by atoms with Gasteiger partial charge >= 0.3 is 0 Å². The monoisotopic (exact) mass is 227 g/mol. The standard InChI is InChI=1S/C15H17NO/c17-13-8-7-10-4-3-9-16-12-6-2-1-5-11(12)14(13)15(10)16/h4H,1-3,5-9H2. The van der Waals surface area contributed by atoms with Gasteiger partial charge in [-0.25, -0.2) is 0 Å². The minimum Gasteiger partial charge on any atom is -0.344 e. The van der Waals surface area contributed by atoms with Crippen molar-refractivity contribution >= 4 is 11.4 Å². The van der Waals surface area contributed by atoms with Crippen LogP contribution in [0.15, 0.2) is 6.08 Å². The van der Waals surface area contributed by atoms with Crippen LogP contribution in [0.5, 0.6) is 0 Å². The maximum atomic E-state index is 12.2. The lowest BCUT2D eigenvalue weighted by molar-refractivity contribution is 0.0979. The molecule has 2 nitrogen and oxygen atoms in total. The maximum absolute atomic E-state index is 12.2. The molecule has 0 saturated heterocycles. The van der Waals surface area contributed by atoms with Gasteiger partial charge in [0.05, 0.1) is 5.69 Å². The molecule has 2 heteroatoms. The van der Waals surface area contributed by atoms with Crippen LogP contribution in [0, 0.1) is 0 Å². The second kappa shape index (κ2) is 3.34. The van der Waals surface area contributed by atoms with Gasteiger partial charge in [-0.2, -0.15) is 0 Å². The van der Waals surface area contributed by atoms with Crippen molar-refractivity contribution in [2.24, 2.45) is 0 Å². The van der Waals surface area contributed by atoms with E-state index in [9.17, 15) is 4.79 Å². The molecule has 0 fully saturated rings. The molecule has 0 N–H and O–H groups in total. The fourth-order valence-electron chi connectivity index (χ4n) is 3.81. The zero-order valence-electron chi connectivity index (χ0n) is 10.1. The topological polar surface area (TPSA) is 22.0 Å². The first-order valence-electron chi connectivity index (χ1n) is 6.83. The van der Waals surface area contributed by atoms with E-state index in [1.165, 1.54) is 41.8 Å². The Hall–Kier alpha value is -1.31. The lowest BCUT2D eigenvalue weighted by Crippen LogP contribution is -2.16. The number of hydrogen-bond acceptors (Lipinski definition) is 1. The quantitative estimate of drug-likeness (QED) is 0.667. The number of carbonyl (C=O) groups excluding carboxylic acids is 1. The van der Waals surface area contributed by atoms with Crippen molar-refractivity contribution in [3.63, 3.8) is 0 Å². The van der Waals surface area contributed by atoms with Crippen LogP contribution in [0.25, 0.3) is 5.57 Å². The van der Waals surface area contributed by atoms with Gasteiger partial charge in [0.25, 0.3) is 0 Å². The van der Waals surface area contributed by atoms with Gasteiger partial charge in [-0.1, -0.05) is 6.08 Å². The van der Waals surface area contributed by atoms with Crippen LogP contribution in [-0.2, 0) is 19.4 Å². The van der Waals surface area contributed by atoms with Crippen LogP contribution in [0.2, 0.25) is 0 Å². The number of fused-ring (bicyclic) bond motifs is 3. The van der Waals surface area contributed by atoms with Crippen molar-refractivity contribution in [1.82, 2.24) is 4.57 Å². The summed E-state index contributed by atoms with van der Waals surface area (Å²) in [6.07, 6.45) is 10.1. The summed E-state index contributed by atoms with van der Waals surface area (Å²) in [6.45, 7) is 1.09. The summed E-state index contributed by atoms with van der Waals surface area (Å²) in [5.41, 5.74) is 6.75. The maximum Gasteiger partial charge on any atom is 0.165 e. The highest BCUT2D eigenvalue weighted by Gasteiger charge is 2.33. The highest BCUT2D eigenvalue weighted by Crippen LogP contribution is 2.41. The molecular weight excluding hydrogens is 210 g/mol. The van der Waals surface area contributed by atoms with E-state index in [4.69, 9.17) is 0 Å². The molecule has 4 rings (SSSR count). The van der Waals surface area contributed by atoms with E-state index in [0.717, 1.165) is 37.8 Å². The van der Waals surface area contributed by atoms with E-state index in [1.54, 1.807) is 0 Å². The first-order chi connectivity index (χ1) is 8.36. The normalized spacial score (nSPS) is 21.9. The van der Waals surface area contributed by atoms with Crippen molar-refractivity contribution < 1.29 is 4.79 Å². The number of carbonyl (C=O) groups is 1. The van der Waals surface area contributed by atoms with Crippen LogP contribution in [0.3, 0.4) is 0 Å². The van der Waals surface area contributed by atoms with Gasteiger partial charge in [-0.15, -0.1) is 0 Å². The van der Waals surface area contributed by atoms with Crippen LogP contribution in [-0.4, -0.2) is 10.4 Å². The zero-order chi connectivity index (χ0) is 11.4. The molecule has 0 saturated carbocycles. The van der Waals surface area contributed by atoms with E-state index in [1.807, 2.05) is 0 Å². The minimum atomic E-state index is 0.399. The smallest absolute Gasteiger partial charge is 0.165 e. The molecule has 0 aromatic carbocycles. The SMILES string of the molecule is O=C1CCC2=CCCn3c4c(c1c32)CCCC4. The molecule has 1 aromatic rings. The van der Waals surface area contributed by atoms with Crippen molar-refractivity contribution in [2.45, 2.75) is 51.5 Å². The third-order valence-electron chi connectivity index (χ3n) is 4.52. The fraction of sp³-hybridized carbons (Fsp3) is 0.533. The Balaban J connectivity index is 2.06. The summed E-state index contributed by atoms with van der Waals surface area (Å²) in [6, 6.07) is 0. The summed E-state index contributed by atoms with van der Waals surface area (Å²) in [4.78, 5) is 12.2. The minimum absolute atomic E-state index is 0.399. The van der Waals surface area contributed by atoms with Crippen LogP contribution in [0.1, 0.15) is 59.4 Å². The summed E-state index contributed by atoms with van der Waals surface area (Å²) < 4.78 is 2.47. The Kier molecular flexibility index (Phi) is 1.91. The molecule has 0 unspecified atom stereocenters. The molecule has 0 bridgehead atoms. The highest BCUT2D eigenvalue weighted by molar-refractivity contribution is 6.05. The van der Waals surface area contributed by atoms with Crippen LogP contribution < -0.4 is 0 Å². The largest absolute Gasteiger partial charge is 0.344 e. The summed E-state index contributed by atoms with van der Waals surface area (Å²) >= 11 is 0. The van der Waals surface area contributed by atoms with E-state index in [2.05, 4.69) is 10.6 Å². The zero-order valence-corrected chi connectivity index (χ0v) is 10.1. The van der Waals surface area contributed by atoms with E-state index in [-0.39, 0.29) is 0 Å². The van der Waals surface area contributed by atoms with E-state index < -0.39 is 0 Å². The summed E-state index contributed by atoms with van der Waals surface area (Å²) in [5, 5.41) is 0. The molecule has 2 aliphatic carbocycles. The molecule has 2 heterocycles. The van der Waals surface area contributed by atoms with Crippen LogP contribution in [0.4, 0.5) is 0 Å². The van der Waals surface area contributed by atoms with Gasteiger partial charge in [0.15, 0.2) is 5.78 Å². The number of ketones is 1. The number of allylic oxidation sites excluding steroid dienone is 2. The van der Waals surface area contributed by atoms with Crippen molar-refractivity contribution in [3.05, 3.63) is 28.6 Å². The van der Waals surface area contributed by atoms with Gasteiger partial charge in [0.2, 0.25) is 0 Å². The van der Waals surface area contributed by atoms with E-state index >= 15 is 0 Å². The van der Waals surface area contributed by atoms with Crippen molar-refractivity contribution in [1.29, 1.82) is 0 Å². The van der Waals surface area contributed by atoms with E-state index in [0.29, 0.717) is 5.78 Å². The van der Waals surface area contributed by atoms with Gasteiger partial charge in [0.1, 0.15) is 0 Å². The summed E-state index contributed by atoms with van der Waals surface area (Å²) in [7, 11) is 0. The first kappa shape index (κ1) is 9.69. The predicted molar refractivity (Wildman–Crippen MR) is 67.2 cm³/mol. The fourth-order valence-corrected chi connectivity index (χ4v) is 3.81. The van der Waals surface area contributed by atoms with Gasteiger partial charge < -0.3 is 4.57 Å². The Labute approximate surface area is 101 Å². The number of aromatic nitrogens is 1. The van der Waals surface area contributed by atoms with Gasteiger partial charge in [0, 0.05) is 24.2 Å². The molecule has 17 heavy (non-hydrogen) atoms. The molecule has 3 aliphatic rings. The Bertz CT molecular complexity index is 544. The van der Waals surface area contributed by atoms with Crippen molar-refractivity contribution in [3.8, 4) is 0 Å². The molecular formula is C15H17NO. The molecule has 0 radical (unpaired) electrons. The molecule has 88 valence electrons. The number of rotatable bonds is 0. The van der Waals surface area contributed by atoms with Gasteiger partial charge in [-0.05, 0) is 49.7 Å². The van der Waals surface area contributed by atoms with Crippen molar-refractivity contribution in [2.75, 3.05) is 0 Å². The number of hydrogen-bond donors (Lipinski definition) is 0. The molecule has 0 spiro atoms. The third-order valence-corrected chi connectivity index (χ3v) is 4.52. The molecule has 0 amide bonds. The highest BCUT2D eigenvalue weighted by atomic mass is 16.1. The average molecular weight is 227 g/mol. The lowest BCUT2D eigenvalue weighted by Gasteiger charge is -2.23. The Morgan fingerprint density at radius 2 is 1.94 bits per heavy atom. The lowest BCUT2D eigenvalue weighted by atomic mass is 9.85. The first-order valence-corrected chi connectivity index (χ1v) is 6.83. The molecule has 1 aliphatic heterocycles.